The third kappa shape index (κ3) is 7.14. The van der Waals surface area contributed by atoms with Crippen molar-refractivity contribution in [2.24, 2.45) is 0 Å². The summed E-state index contributed by atoms with van der Waals surface area (Å²) >= 11 is 0. The van der Waals surface area contributed by atoms with E-state index in [-0.39, 0.29) is 23.0 Å². The zero-order valence-electron chi connectivity index (χ0n) is 19.1. The number of carbonyl (C=O) groups is 1. The molecule has 180 valence electrons. The van der Waals surface area contributed by atoms with Crippen LogP contribution in [0.5, 0.6) is 17.2 Å². The van der Waals surface area contributed by atoms with Gasteiger partial charge >= 0.3 is 0 Å². The minimum atomic E-state index is -3.98. The molecule has 0 aromatic heterocycles. The van der Waals surface area contributed by atoms with Gasteiger partial charge in [-0.2, -0.15) is 0 Å². The molecule has 0 bridgehead atoms. The van der Waals surface area contributed by atoms with E-state index in [0.29, 0.717) is 36.8 Å². The van der Waals surface area contributed by atoms with Crippen LogP contribution in [0.1, 0.15) is 19.8 Å². The quantitative estimate of drug-likeness (QED) is 0.362. The zero-order chi connectivity index (χ0) is 24.4. The lowest BCUT2D eigenvalue weighted by molar-refractivity contribution is -0.116. The van der Waals surface area contributed by atoms with Crippen LogP contribution in [-0.4, -0.2) is 34.6 Å². The molecule has 3 rings (SSSR count). The first kappa shape index (κ1) is 24.9. The average Bonchev–Trinajstić information content (AvgIpc) is 2.84. The number of benzene rings is 3. The van der Waals surface area contributed by atoms with Crippen LogP contribution in [0.15, 0.2) is 77.7 Å². The van der Waals surface area contributed by atoms with Gasteiger partial charge in [0.1, 0.15) is 22.1 Å². The molecule has 9 heteroatoms. The number of sulfonamides is 1. The number of carbonyl (C=O) groups excluding carboxylic acids is 1. The van der Waals surface area contributed by atoms with Crippen molar-refractivity contribution in [3.63, 3.8) is 0 Å². The molecule has 0 atom stereocenters. The highest BCUT2D eigenvalue weighted by Gasteiger charge is 2.21. The van der Waals surface area contributed by atoms with Gasteiger partial charge in [-0.25, -0.2) is 8.42 Å². The van der Waals surface area contributed by atoms with Gasteiger partial charge in [-0.1, -0.05) is 18.2 Å². The molecule has 0 radical (unpaired) electrons. The Morgan fingerprint density at radius 1 is 0.882 bits per heavy atom. The molecule has 3 aromatic carbocycles. The summed E-state index contributed by atoms with van der Waals surface area (Å²) in [6.45, 7) is 2.78. The number of hydrogen-bond donors (Lipinski definition) is 2. The topological polar surface area (TPSA) is 103 Å². The fourth-order valence-electron chi connectivity index (χ4n) is 3.12. The van der Waals surface area contributed by atoms with Crippen LogP contribution < -0.4 is 24.2 Å². The van der Waals surface area contributed by atoms with E-state index < -0.39 is 10.0 Å². The van der Waals surface area contributed by atoms with E-state index in [1.165, 1.54) is 19.2 Å². The largest absolute Gasteiger partial charge is 0.495 e. The maximum Gasteiger partial charge on any atom is 0.265 e. The fourth-order valence-corrected chi connectivity index (χ4v) is 4.38. The van der Waals surface area contributed by atoms with Gasteiger partial charge in [-0.05, 0) is 67.9 Å². The third-order valence-corrected chi connectivity index (χ3v) is 6.12. The third-order valence-electron chi connectivity index (χ3n) is 4.71. The summed E-state index contributed by atoms with van der Waals surface area (Å²) in [4.78, 5) is 12.3. The summed E-state index contributed by atoms with van der Waals surface area (Å²) < 4.78 is 44.8. The number of para-hydroxylation sites is 1. The summed E-state index contributed by atoms with van der Waals surface area (Å²) in [6.07, 6.45) is 0.743. The van der Waals surface area contributed by atoms with Gasteiger partial charge in [0.2, 0.25) is 5.91 Å². The van der Waals surface area contributed by atoms with Crippen molar-refractivity contribution in [3.05, 3.63) is 72.8 Å². The van der Waals surface area contributed by atoms with Crippen LogP contribution in [0.3, 0.4) is 0 Å². The molecule has 0 fully saturated rings. The molecule has 0 saturated carbocycles. The number of nitrogens with one attached hydrogen (secondary N) is 2. The second-order valence-electron chi connectivity index (χ2n) is 7.24. The molecule has 3 aromatic rings. The first-order valence-corrected chi connectivity index (χ1v) is 12.3. The van der Waals surface area contributed by atoms with Crippen molar-refractivity contribution < 1.29 is 27.4 Å². The van der Waals surface area contributed by atoms with E-state index >= 15 is 0 Å². The lowest BCUT2D eigenvalue weighted by Gasteiger charge is -2.14. The molecule has 8 nitrogen and oxygen atoms in total. The number of rotatable bonds is 12. The Morgan fingerprint density at radius 2 is 1.56 bits per heavy atom. The van der Waals surface area contributed by atoms with E-state index in [0.717, 1.165) is 5.75 Å². The Hall–Kier alpha value is -3.72. The van der Waals surface area contributed by atoms with Crippen molar-refractivity contribution in [2.45, 2.75) is 24.7 Å². The van der Waals surface area contributed by atoms with Gasteiger partial charge in [0.25, 0.3) is 10.0 Å². The number of anilines is 2. The minimum absolute atomic E-state index is 0.0888. The predicted octanol–water partition coefficient (Wildman–Crippen LogP) is 4.69. The number of hydrogen-bond acceptors (Lipinski definition) is 6. The summed E-state index contributed by atoms with van der Waals surface area (Å²) in [6, 6.07) is 20.4. The van der Waals surface area contributed by atoms with Crippen molar-refractivity contribution in [3.8, 4) is 17.2 Å². The van der Waals surface area contributed by atoms with E-state index in [4.69, 9.17) is 14.2 Å². The highest BCUT2D eigenvalue weighted by Crippen LogP contribution is 2.29. The number of ether oxygens (including phenoxy) is 3. The summed E-state index contributed by atoms with van der Waals surface area (Å²) in [5.74, 6) is 1.30. The smallest absolute Gasteiger partial charge is 0.265 e. The molecule has 0 spiro atoms. The molecule has 0 unspecified atom stereocenters. The van der Waals surface area contributed by atoms with Gasteiger partial charge in [0.05, 0.1) is 20.3 Å². The molecule has 0 aliphatic carbocycles. The lowest BCUT2D eigenvalue weighted by atomic mass is 10.2. The highest BCUT2D eigenvalue weighted by atomic mass is 32.2. The molecule has 0 aliphatic heterocycles. The van der Waals surface area contributed by atoms with E-state index in [2.05, 4.69) is 10.0 Å². The SMILES string of the molecule is CCOc1ccc(NS(=O)(=O)c2cc(NC(=O)CCCOc3ccccc3)ccc2OC)cc1. The molecule has 0 saturated heterocycles. The Balaban J connectivity index is 1.63. The van der Waals surface area contributed by atoms with Crippen molar-refractivity contribution in [1.82, 2.24) is 0 Å². The average molecular weight is 485 g/mol. The first-order chi connectivity index (χ1) is 16.4. The van der Waals surface area contributed by atoms with Crippen molar-refractivity contribution >= 4 is 27.3 Å². The second-order valence-corrected chi connectivity index (χ2v) is 8.89. The maximum atomic E-state index is 13.0. The van der Waals surface area contributed by atoms with Crippen LogP contribution in [0.2, 0.25) is 0 Å². The van der Waals surface area contributed by atoms with Crippen molar-refractivity contribution in [2.75, 3.05) is 30.4 Å². The predicted molar refractivity (Wildman–Crippen MR) is 131 cm³/mol. The Morgan fingerprint density at radius 3 is 2.24 bits per heavy atom. The fraction of sp³-hybridized carbons (Fsp3) is 0.240. The molecule has 2 N–H and O–H groups in total. The summed E-state index contributed by atoms with van der Waals surface area (Å²) in [7, 11) is -2.59. The highest BCUT2D eigenvalue weighted by molar-refractivity contribution is 7.92. The van der Waals surface area contributed by atoms with Gasteiger partial charge in [0, 0.05) is 17.8 Å². The van der Waals surface area contributed by atoms with Crippen LogP contribution >= 0.6 is 0 Å². The molecular weight excluding hydrogens is 456 g/mol. The lowest BCUT2D eigenvalue weighted by Crippen LogP contribution is -2.16. The van der Waals surface area contributed by atoms with E-state index in [9.17, 15) is 13.2 Å². The van der Waals surface area contributed by atoms with Crippen LogP contribution in [0.4, 0.5) is 11.4 Å². The van der Waals surface area contributed by atoms with Crippen molar-refractivity contribution in [1.29, 1.82) is 0 Å². The van der Waals surface area contributed by atoms with Gasteiger partial charge in [-0.3, -0.25) is 9.52 Å². The van der Waals surface area contributed by atoms with Crippen LogP contribution in [-0.2, 0) is 14.8 Å². The number of amides is 1. The molecule has 0 aliphatic rings. The van der Waals surface area contributed by atoms with E-state index in [1.807, 2.05) is 37.3 Å². The standard InChI is InChI=1S/C25H28N2O6S/c1-3-32-22-14-11-19(12-15-22)27-34(29,30)24-18-20(13-16-23(24)31-2)26-25(28)10-7-17-33-21-8-5-4-6-9-21/h4-6,8-9,11-16,18,27H,3,7,10,17H2,1-2H3,(H,26,28). The summed E-state index contributed by atoms with van der Waals surface area (Å²) in [5, 5.41) is 2.73. The van der Waals surface area contributed by atoms with E-state index in [1.54, 1.807) is 30.3 Å². The molecule has 1 amide bonds. The van der Waals surface area contributed by atoms with Gasteiger partial charge in [0.15, 0.2) is 0 Å². The zero-order valence-corrected chi connectivity index (χ0v) is 19.9. The molecule has 34 heavy (non-hydrogen) atoms. The summed E-state index contributed by atoms with van der Waals surface area (Å²) in [5.41, 5.74) is 0.722. The van der Waals surface area contributed by atoms with Crippen LogP contribution in [0.25, 0.3) is 0 Å². The molecule has 0 heterocycles. The Bertz CT molecular complexity index is 1180. The Labute approximate surface area is 199 Å². The van der Waals surface area contributed by atoms with Gasteiger partial charge in [-0.15, -0.1) is 0 Å². The second kappa shape index (κ2) is 11.9. The maximum absolute atomic E-state index is 13.0. The molecular formula is C25H28N2O6S. The monoisotopic (exact) mass is 484 g/mol. The van der Waals surface area contributed by atoms with Crippen LogP contribution in [0, 0.1) is 0 Å². The number of methoxy groups -OCH3 is 1. The van der Waals surface area contributed by atoms with Gasteiger partial charge < -0.3 is 19.5 Å². The normalized spacial score (nSPS) is 10.9. The minimum Gasteiger partial charge on any atom is -0.495 e. The Kier molecular flexibility index (Phi) is 8.75. The first-order valence-electron chi connectivity index (χ1n) is 10.8.